The summed E-state index contributed by atoms with van der Waals surface area (Å²) in [6.07, 6.45) is 0. The Morgan fingerprint density at radius 3 is 2.80 bits per heavy atom. The highest BCUT2D eigenvalue weighted by molar-refractivity contribution is 5.96. The van der Waals surface area contributed by atoms with E-state index in [1.165, 1.54) is 7.11 Å². The Morgan fingerprint density at radius 1 is 1.45 bits per heavy atom. The van der Waals surface area contributed by atoms with Crippen LogP contribution in [0, 0.1) is 13.8 Å². The van der Waals surface area contributed by atoms with Crippen LogP contribution < -0.4 is 11.1 Å². The lowest BCUT2D eigenvalue weighted by Crippen LogP contribution is -2.09. The Morgan fingerprint density at radius 2 is 2.20 bits per heavy atom. The summed E-state index contributed by atoms with van der Waals surface area (Å²) in [4.78, 5) is 11.7. The van der Waals surface area contributed by atoms with Gasteiger partial charge in [0.2, 0.25) is 0 Å². The van der Waals surface area contributed by atoms with E-state index in [-0.39, 0.29) is 0 Å². The van der Waals surface area contributed by atoms with E-state index in [0.717, 1.165) is 17.0 Å². The first-order valence-electron chi connectivity index (χ1n) is 6.16. The number of benzene rings is 1. The number of aryl methyl sites for hydroxylation is 2. The number of rotatable bonds is 4. The maximum atomic E-state index is 11.7. The van der Waals surface area contributed by atoms with E-state index in [9.17, 15) is 4.79 Å². The summed E-state index contributed by atoms with van der Waals surface area (Å²) < 4.78 is 9.85. The average molecular weight is 275 g/mol. The lowest BCUT2D eigenvalue weighted by Gasteiger charge is -2.11. The molecule has 1 heterocycles. The fourth-order valence-corrected chi connectivity index (χ4v) is 1.93. The molecule has 3 N–H and O–H groups in total. The van der Waals surface area contributed by atoms with Gasteiger partial charge < -0.3 is 20.3 Å². The van der Waals surface area contributed by atoms with Crippen LogP contribution in [-0.2, 0) is 11.3 Å². The number of esters is 1. The van der Waals surface area contributed by atoms with E-state index in [0.29, 0.717) is 23.5 Å². The third kappa shape index (κ3) is 2.74. The molecule has 0 radical (unpaired) electrons. The molecule has 0 atom stereocenters. The standard InChI is InChI=1S/C14H17N3O3/c1-8-12(9(2)20-17-8)7-16-13-5-4-10(15)6-11(13)14(18)19-3/h4-6,16H,7,15H2,1-3H3. The third-order valence-electron chi connectivity index (χ3n) is 3.09. The Hall–Kier alpha value is -2.50. The van der Waals surface area contributed by atoms with Crippen molar-refractivity contribution >= 4 is 17.3 Å². The van der Waals surface area contributed by atoms with Gasteiger partial charge in [0, 0.05) is 23.5 Å². The molecule has 0 unspecified atom stereocenters. The number of aromatic nitrogens is 1. The van der Waals surface area contributed by atoms with Crippen LogP contribution >= 0.6 is 0 Å². The molecule has 1 aromatic heterocycles. The van der Waals surface area contributed by atoms with Gasteiger partial charge >= 0.3 is 5.97 Å². The fourth-order valence-electron chi connectivity index (χ4n) is 1.93. The zero-order valence-corrected chi connectivity index (χ0v) is 11.7. The molecule has 0 saturated carbocycles. The van der Waals surface area contributed by atoms with E-state index >= 15 is 0 Å². The Kier molecular flexibility index (Phi) is 3.93. The van der Waals surface area contributed by atoms with Gasteiger partial charge in [-0.25, -0.2) is 4.79 Å². The number of ether oxygens (including phenoxy) is 1. The predicted molar refractivity (Wildman–Crippen MR) is 75.5 cm³/mol. The van der Waals surface area contributed by atoms with Crippen LogP contribution in [0.3, 0.4) is 0 Å². The molecule has 0 bridgehead atoms. The van der Waals surface area contributed by atoms with Crippen molar-refractivity contribution in [2.45, 2.75) is 20.4 Å². The van der Waals surface area contributed by atoms with Gasteiger partial charge in [-0.05, 0) is 32.0 Å². The summed E-state index contributed by atoms with van der Waals surface area (Å²) in [6, 6.07) is 5.06. The highest BCUT2D eigenvalue weighted by Crippen LogP contribution is 2.22. The van der Waals surface area contributed by atoms with Gasteiger partial charge in [-0.2, -0.15) is 0 Å². The number of nitrogens with zero attached hydrogens (tertiary/aromatic N) is 1. The van der Waals surface area contributed by atoms with Gasteiger partial charge in [0.05, 0.1) is 18.4 Å². The molecular weight excluding hydrogens is 258 g/mol. The van der Waals surface area contributed by atoms with Crippen LogP contribution in [0.15, 0.2) is 22.7 Å². The van der Waals surface area contributed by atoms with Gasteiger partial charge in [0.15, 0.2) is 0 Å². The maximum absolute atomic E-state index is 11.7. The van der Waals surface area contributed by atoms with Crippen molar-refractivity contribution in [3.63, 3.8) is 0 Å². The number of nitrogens with two attached hydrogens (primary N) is 1. The van der Waals surface area contributed by atoms with Crippen LogP contribution in [-0.4, -0.2) is 18.2 Å². The van der Waals surface area contributed by atoms with Gasteiger partial charge in [-0.1, -0.05) is 5.16 Å². The lowest BCUT2D eigenvalue weighted by atomic mass is 10.1. The highest BCUT2D eigenvalue weighted by atomic mass is 16.5. The van der Waals surface area contributed by atoms with Crippen molar-refractivity contribution in [2.75, 3.05) is 18.2 Å². The summed E-state index contributed by atoms with van der Waals surface area (Å²) in [5.74, 6) is 0.323. The minimum absolute atomic E-state index is 0.402. The Bertz CT molecular complexity index is 615. The topological polar surface area (TPSA) is 90.4 Å². The molecule has 0 aliphatic carbocycles. The molecule has 1 aromatic carbocycles. The van der Waals surface area contributed by atoms with Gasteiger partial charge in [-0.15, -0.1) is 0 Å². The zero-order chi connectivity index (χ0) is 14.7. The summed E-state index contributed by atoms with van der Waals surface area (Å²) >= 11 is 0. The molecule has 0 fully saturated rings. The predicted octanol–water partition coefficient (Wildman–Crippen LogP) is 2.27. The van der Waals surface area contributed by atoms with E-state index in [1.807, 2.05) is 13.8 Å². The first-order valence-corrected chi connectivity index (χ1v) is 6.16. The van der Waals surface area contributed by atoms with Crippen molar-refractivity contribution in [1.29, 1.82) is 0 Å². The number of nitrogen functional groups attached to an aromatic ring is 1. The second-order valence-corrected chi connectivity index (χ2v) is 4.45. The number of hydrogen-bond acceptors (Lipinski definition) is 6. The number of nitrogens with one attached hydrogen (secondary N) is 1. The van der Waals surface area contributed by atoms with E-state index in [1.54, 1.807) is 18.2 Å². The van der Waals surface area contributed by atoms with E-state index in [4.69, 9.17) is 15.0 Å². The molecule has 106 valence electrons. The molecule has 0 amide bonds. The number of carbonyl (C=O) groups excluding carboxylic acids is 1. The van der Waals surface area contributed by atoms with Crippen molar-refractivity contribution < 1.29 is 14.1 Å². The molecular formula is C14H17N3O3. The Labute approximate surface area is 116 Å². The third-order valence-corrected chi connectivity index (χ3v) is 3.09. The number of hydrogen-bond donors (Lipinski definition) is 2. The number of carbonyl (C=O) groups is 1. The van der Waals surface area contributed by atoms with Crippen LogP contribution in [0.5, 0.6) is 0 Å². The second-order valence-electron chi connectivity index (χ2n) is 4.45. The molecule has 0 saturated heterocycles. The molecule has 20 heavy (non-hydrogen) atoms. The minimum atomic E-state index is -0.432. The van der Waals surface area contributed by atoms with Crippen LogP contribution in [0.4, 0.5) is 11.4 Å². The quantitative estimate of drug-likeness (QED) is 0.657. The molecule has 2 rings (SSSR count). The lowest BCUT2D eigenvalue weighted by molar-refractivity contribution is 0.0602. The molecule has 6 nitrogen and oxygen atoms in total. The van der Waals surface area contributed by atoms with Crippen molar-refractivity contribution in [2.24, 2.45) is 0 Å². The van der Waals surface area contributed by atoms with Crippen molar-refractivity contribution in [1.82, 2.24) is 5.16 Å². The smallest absolute Gasteiger partial charge is 0.340 e. The zero-order valence-electron chi connectivity index (χ0n) is 11.7. The maximum Gasteiger partial charge on any atom is 0.340 e. The molecule has 0 spiro atoms. The van der Waals surface area contributed by atoms with Gasteiger partial charge in [-0.3, -0.25) is 0 Å². The van der Waals surface area contributed by atoms with Gasteiger partial charge in [0.1, 0.15) is 5.76 Å². The van der Waals surface area contributed by atoms with Crippen LogP contribution in [0.2, 0.25) is 0 Å². The summed E-state index contributed by atoms with van der Waals surface area (Å²) in [5, 5.41) is 7.07. The summed E-state index contributed by atoms with van der Waals surface area (Å²) in [5.41, 5.74) is 9.06. The monoisotopic (exact) mass is 275 g/mol. The molecule has 0 aliphatic rings. The molecule has 0 aliphatic heterocycles. The van der Waals surface area contributed by atoms with Crippen molar-refractivity contribution in [3.05, 3.63) is 40.8 Å². The second kappa shape index (κ2) is 5.64. The van der Waals surface area contributed by atoms with Crippen molar-refractivity contribution in [3.8, 4) is 0 Å². The molecule has 2 aromatic rings. The van der Waals surface area contributed by atoms with Gasteiger partial charge in [0.25, 0.3) is 0 Å². The largest absolute Gasteiger partial charge is 0.465 e. The molecule has 6 heteroatoms. The fraction of sp³-hybridized carbons (Fsp3) is 0.286. The number of methoxy groups -OCH3 is 1. The van der Waals surface area contributed by atoms with E-state index < -0.39 is 5.97 Å². The minimum Gasteiger partial charge on any atom is -0.465 e. The Balaban J connectivity index is 2.23. The number of anilines is 2. The summed E-state index contributed by atoms with van der Waals surface area (Å²) in [6.45, 7) is 4.23. The summed E-state index contributed by atoms with van der Waals surface area (Å²) in [7, 11) is 1.34. The van der Waals surface area contributed by atoms with Crippen LogP contribution in [0.1, 0.15) is 27.4 Å². The highest BCUT2D eigenvalue weighted by Gasteiger charge is 2.14. The normalized spacial score (nSPS) is 10.3. The first kappa shape index (κ1) is 13.9. The SMILES string of the molecule is COC(=O)c1cc(N)ccc1NCc1c(C)noc1C. The first-order chi connectivity index (χ1) is 9.52. The van der Waals surface area contributed by atoms with Crippen LogP contribution in [0.25, 0.3) is 0 Å². The average Bonchev–Trinajstić information content (AvgIpc) is 2.76. The van der Waals surface area contributed by atoms with E-state index in [2.05, 4.69) is 10.5 Å².